The van der Waals surface area contributed by atoms with Crippen molar-refractivity contribution in [3.8, 4) is 0 Å². The lowest BCUT2D eigenvalue weighted by Gasteiger charge is -2.38. The van der Waals surface area contributed by atoms with Crippen molar-refractivity contribution in [2.75, 3.05) is 33.4 Å². The van der Waals surface area contributed by atoms with E-state index in [-0.39, 0.29) is 23.4 Å². The standard InChI is InChI=1S/C17H23FN2O5S/c1-19(26(22,23)14-7-5-13(18)6-8-14)12-16(21)20-9-3-2-4-15(20)17-24-10-11-25-17/h5-8,15,17H,2-4,9-12H2,1H3. The van der Waals surface area contributed by atoms with Crippen molar-refractivity contribution in [2.24, 2.45) is 0 Å². The number of benzene rings is 1. The molecule has 1 aromatic carbocycles. The molecular formula is C17H23FN2O5S. The average Bonchev–Trinajstić information content (AvgIpc) is 3.16. The molecule has 7 nitrogen and oxygen atoms in total. The van der Waals surface area contributed by atoms with Gasteiger partial charge >= 0.3 is 0 Å². The summed E-state index contributed by atoms with van der Waals surface area (Å²) in [6, 6.07) is 4.35. The number of piperidine rings is 1. The van der Waals surface area contributed by atoms with Crippen LogP contribution in [0.4, 0.5) is 4.39 Å². The fourth-order valence-corrected chi connectivity index (χ4v) is 4.42. The van der Waals surface area contributed by atoms with Gasteiger partial charge in [0.25, 0.3) is 0 Å². The number of likely N-dealkylation sites (N-methyl/N-ethyl adjacent to an activating group) is 1. The Hall–Kier alpha value is -1.55. The summed E-state index contributed by atoms with van der Waals surface area (Å²) in [5.74, 6) is -0.808. The van der Waals surface area contributed by atoms with Gasteiger partial charge in [-0.1, -0.05) is 0 Å². The van der Waals surface area contributed by atoms with Gasteiger partial charge in [0.1, 0.15) is 5.82 Å². The Bertz CT molecular complexity index is 734. The van der Waals surface area contributed by atoms with Crippen LogP contribution in [-0.4, -0.2) is 69.2 Å². The smallest absolute Gasteiger partial charge is 0.243 e. The van der Waals surface area contributed by atoms with E-state index in [4.69, 9.17) is 9.47 Å². The molecule has 1 aromatic rings. The van der Waals surface area contributed by atoms with Crippen LogP contribution in [0.2, 0.25) is 0 Å². The van der Waals surface area contributed by atoms with Crippen molar-refractivity contribution in [1.29, 1.82) is 0 Å². The summed E-state index contributed by atoms with van der Waals surface area (Å²) in [6.45, 7) is 1.27. The predicted octanol–water partition coefficient (Wildman–Crippen LogP) is 1.20. The minimum Gasteiger partial charge on any atom is -0.348 e. The second-order valence-electron chi connectivity index (χ2n) is 6.48. The molecular weight excluding hydrogens is 363 g/mol. The Kier molecular flexibility index (Phi) is 5.91. The molecule has 3 rings (SSSR count). The summed E-state index contributed by atoms with van der Waals surface area (Å²) in [6.07, 6.45) is 2.16. The second-order valence-corrected chi connectivity index (χ2v) is 8.52. The number of sulfonamides is 1. The number of rotatable bonds is 5. The van der Waals surface area contributed by atoms with Crippen LogP contribution in [0.1, 0.15) is 19.3 Å². The summed E-state index contributed by atoms with van der Waals surface area (Å²) >= 11 is 0. The van der Waals surface area contributed by atoms with E-state index in [1.165, 1.54) is 19.2 Å². The van der Waals surface area contributed by atoms with Crippen LogP contribution in [-0.2, 0) is 24.3 Å². The van der Waals surface area contributed by atoms with Crippen LogP contribution >= 0.6 is 0 Å². The van der Waals surface area contributed by atoms with Crippen LogP contribution in [0.25, 0.3) is 0 Å². The molecule has 2 aliphatic heterocycles. The number of carbonyl (C=O) groups is 1. The van der Waals surface area contributed by atoms with Gasteiger partial charge in [-0.15, -0.1) is 0 Å². The van der Waals surface area contributed by atoms with Crippen LogP contribution < -0.4 is 0 Å². The zero-order chi connectivity index (χ0) is 18.7. The van der Waals surface area contributed by atoms with Crippen LogP contribution in [0.15, 0.2) is 29.2 Å². The lowest BCUT2D eigenvalue weighted by atomic mass is 10.0. The molecule has 2 fully saturated rings. The molecule has 2 saturated heterocycles. The van der Waals surface area contributed by atoms with E-state index in [2.05, 4.69) is 0 Å². The van der Waals surface area contributed by atoms with Gasteiger partial charge < -0.3 is 14.4 Å². The monoisotopic (exact) mass is 386 g/mol. The van der Waals surface area contributed by atoms with Gasteiger partial charge in [-0.2, -0.15) is 4.31 Å². The fraction of sp³-hybridized carbons (Fsp3) is 0.588. The maximum absolute atomic E-state index is 13.0. The van der Waals surface area contributed by atoms with Gasteiger partial charge in [0.05, 0.1) is 30.7 Å². The molecule has 1 atom stereocenters. The number of carbonyl (C=O) groups excluding carboxylic acids is 1. The second kappa shape index (κ2) is 7.99. The molecule has 0 N–H and O–H groups in total. The third-order valence-corrected chi connectivity index (χ3v) is 6.53. The zero-order valence-electron chi connectivity index (χ0n) is 14.6. The Morgan fingerprint density at radius 3 is 2.54 bits per heavy atom. The molecule has 2 aliphatic rings. The lowest BCUT2D eigenvalue weighted by Crippen LogP contribution is -2.53. The maximum atomic E-state index is 13.0. The van der Waals surface area contributed by atoms with Gasteiger partial charge in [0.2, 0.25) is 15.9 Å². The largest absolute Gasteiger partial charge is 0.348 e. The molecule has 144 valence electrons. The first-order valence-electron chi connectivity index (χ1n) is 8.64. The summed E-state index contributed by atoms with van der Waals surface area (Å²) in [5, 5.41) is 0. The molecule has 0 radical (unpaired) electrons. The number of amides is 1. The van der Waals surface area contributed by atoms with E-state index in [9.17, 15) is 17.6 Å². The van der Waals surface area contributed by atoms with Crippen LogP contribution in [0.5, 0.6) is 0 Å². The molecule has 0 spiro atoms. The lowest BCUT2D eigenvalue weighted by molar-refractivity contribution is -0.150. The van der Waals surface area contributed by atoms with Crippen LogP contribution in [0.3, 0.4) is 0 Å². The highest BCUT2D eigenvalue weighted by molar-refractivity contribution is 7.89. The van der Waals surface area contributed by atoms with E-state index in [1.807, 2.05) is 0 Å². The maximum Gasteiger partial charge on any atom is 0.243 e. The molecule has 0 aromatic heterocycles. The Morgan fingerprint density at radius 2 is 1.88 bits per heavy atom. The number of nitrogens with zero attached hydrogens (tertiary/aromatic N) is 2. The number of ether oxygens (including phenoxy) is 2. The molecule has 0 bridgehead atoms. The minimum absolute atomic E-state index is 0.0492. The normalized spacial score (nSPS) is 22.1. The number of halogens is 1. The number of hydrogen-bond acceptors (Lipinski definition) is 5. The molecule has 2 heterocycles. The highest BCUT2D eigenvalue weighted by atomic mass is 32.2. The zero-order valence-corrected chi connectivity index (χ0v) is 15.5. The van der Waals surface area contributed by atoms with Gasteiger partial charge in [-0.25, -0.2) is 12.8 Å². The Labute approximate surface area is 152 Å². The topological polar surface area (TPSA) is 76.2 Å². The summed E-state index contributed by atoms with van der Waals surface area (Å²) in [7, 11) is -2.52. The van der Waals surface area contributed by atoms with E-state index in [1.54, 1.807) is 4.90 Å². The van der Waals surface area contributed by atoms with Crippen molar-refractivity contribution in [2.45, 2.75) is 36.5 Å². The van der Waals surface area contributed by atoms with E-state index >= 15 is 0 Å². The molecule has 9 heteroatoms. The summed E-state index contributed by atoms with van der Waals surface area (Å²) < 4.78 is 50.3. The highest BCUT2D eigenvalue weighted by Crippen LogP contribution is 2.25. The SMILES string of the molecule is CN(CC(=O)N1CCCCC1C1OCCO1)S(=O)(=O)c1ccc(F)cc1. The first kappa shape index (κ1) is 19.2. The van der Waals surface area contributed by atoms with E-state index < -0.39 is 22.1 Å². The van der Waals surface area contributed by atoms with Crippen molar-refractivity contribution < 1.29 is 27.1 Å². The molecule has 1 amide bonds. The Morgan fingerprint density at radius 1 is 1.23 bits per heavy atom. The van der Waals surface area contributed by atoms with Crippen molar-refractivity contribution in [3.05, 3.63) is 30.1 Å². The van der Waals surface area contributed by atoms with Gasteiger partial charge in [0.15, 0.2) is 6.29 Å². The van der Waals surface area contributed by atoms with E-state index in [0.29, 0.717) is 19.8 Å². The molecule has 0 aliphatic carbocycles. The van der Waals surface area contributed by atoms with Crippen molar-refractivity contribution in [1.82, 2.24) is 9.21 Å². The minimum atomic E-state index is -3.87. The molecule has 1 unspecified atom stereocenters. The first-order valence-corrected chi connectivity index (χ1v) is 10.1. The Balaban J connectivity index is 1.70. The fourth-order valence-electron chi connectivity index (χ4n) is 3.30. The highest BCUT2D eigenvalue weighted by Gasteiger charge is 2.37. The van der Waals surface area contributed by atoms with Crippen molar-refractivity contribution in [3.63, 3.8) is 0 Å². The molecule has 0 saturated carbocycles. The summed E-state index contributed by atoms with van der Waals surface area (Å²) in [4.78, 5) is 14.4. The quantitative estimate of drug-likeness (QED) is 0.760. The van der Waals surface area contributed by atoms with E-state index in [0.717, 1.165) is 35.7 Å². The predicted molar refractivity (Wildman–Crippen MR) is 91.3 cm³/mol. The molecule has 26 heavy (non-hydrogen) atoms. The number of hydrogen-bond donors (Lipinski definition) is 0. The van der Waals surface area contributed by atoms with Crippen LogP contribution in [0, 0.1) is 5.82 Å². The average molecular weight is 386 g/mol. The summed E-state index contributed by atoms with van der Waals surface area (Å²) in [5.41, 5.74) is 0. The first-order chi connectivity index (χ1) is 12.4. The van der Waals surface area contributed by atoms with Gasteiger partial charge in [-0.05, 0) is 43.5 Å². The van der Waals surface area contributed by atoms with Gasteiger partial charge in [0, 0.05) is 13.6 Å². The van der Waals surface area contributed by atoms with Crippen molar-refractivity contribution >= 4 is 15.9 Å². The van der Waals surface area contributed by atoms with Gasteiger partial charge in [-0.3, -0.25) is 4.79 Å². The third kappa shape index (κ3) is 4.06. The number of likely N-dealkylation sites (tertiary alicyclic amines) is 1. The third-order valence-electron chi connectivity index (χ3n) is 4.71.